The van der Waals surface area contributed by atoms with Crippen molar-refractivity contribution in [2.24, 2.45) is 0 Å². The number of rotatable bonds is 4. The van der Waals surface area contributed by atoms with E-state index in [1.807, 2.05) is 6.92 Å². The van der Waals surface area contributed by atoms with Crippen molar-refractivity contribution < 1.29 is 28.6 Å². The molecule has 0 bridgehead atoms. The Bertz CT molecular complexity index is 1740. The van der Waals surface area contributed by atoms with Crippen LogP contribution in [-0.2, 0) is 0 Å². The van der Waals surface area contributed by atoms with Crippen molar-refractivity contribution in [2.45, 2.75) is 25.8 Å². The average Bonchev–Trinajstić information content (AvgIpc) is 3.19. The van der Waals surface area contributed by atoms with E-state index in [-0.39, 0.29) is 36.0 Å². The topological polar surface area (TPSA) is 114 Å². The summed E-state index contributed by atoms with van der Waals surface area (Å²) in [6.07, 6.45) is 2.08. The highest BCUT2D eigenvalue weighted by Crippen LogP contribution is 2.43. The lowest BCUT2D eigenvalue weighted by atomic mass is 9.99. The molecule has 0 saturated carbocycles. The van der Waals surface area contributed by atoms with Crippen molar-refractivity contribution in [1.29, 1.82) is 0 Å². The molecule has 40 heavy (non-hydrogen) atoms. The molecule has 4 heterocycles. The van der Waals surface area contributed by atoms with Crippen LogP contribution in [0.5, 0.6) is 5.75 Å². The summed E-state index contributed by atoms with van der Waals surface area (Å²) < 4.78 is 23.2. The number of carbonyl (C=O) groups is 3. The maximum absolute atomic E-state index is 15.6. The van der Waals surface area contributed by atoms with Gasteiger partial charge in [-0.25, -0.2) is 14.0 Å². The molecule has 11 heteroatoms. The molecule has 202 valence electrons. The van der Waals surface area contributed by atoms with Gasteiger partial charge in [0.15, 0.2) is 17.3 Å². The van der Waals surface area contributed by atoms with Gasteiger partial charge < -0.3 is 19.3 Å². The standard InChI is InChI=1S/C29H23FN4O6/c1-15-14-40-26-23-19(25(35)20(29(38)39)12-33(15)23)11-21(30)24(26)32-9-7-16(8-10-32)22(31-2)13-34-27(36)17-5-3-4-6-18(17)28(34)37/h3-6,11-12,15H,7-10,13-14H2,1H3,(H,38,39)/t15-/m0/s1. The Morgan fingerprint density at radius 2 is 1.80 bits per heavy atom. The molecule has 3 aromatic rings. The molecule has 2 amide bonds. The third-order valence-electron chi connectivity index (χ3n) is 7.78. The van der Waals surface area contributed by atoms with Crippen molar-refractivity contribution in [2.75, 3.05) is 31.1 Å². The van der Waals surface area contributed by atoms with E-state index < -0.39 is 34.6 Å². The van der Waals surface area contributed by atoms with Gasteiger partial charge in [0.1, 0.15) is 17.9 Å². The molecule has 0 radical (unpaired) electrons. The van der Waals surface area contributed by atoms with Gasteiger partial charge in [0, 0.05) is 19.3 Å². The molecule has 1 saturated heterocycles. The van der Waals surface area contributed by atoms with E-state index in [1.165, 1.54) is 6.20 Å². The minimum absolute atomic E-state index is 0.0588. The van der Waals surface area contributed by atoms with Crippen molar-refractivity contribution in [3.05, 3.63) is 91.9 Å². The number of imide groups is 1. The van der Waals surface area contributed by atoms with Crippen LogP contribution in [-0.4, -0.2) is 58.6 Å². The van der Waals surface area contributed by atoms with Crippen molar-refractivity contribution in [3.8, 4) is 5.75 Å². The monoisotopic (exact) mass is 542 g/mol. The number of aromatic carboxylic acids is 1. The maximum atomic E-state index is 15.6. The molecule has 3 aliphatic heterocycles. The summed E-state index contributed by atoms with van der Waals surface area (Å²) >= 11 is 0. The summed E-state index contributed by atoms with van der Waals surface area (Å²) in [4.78, 5) is 56.6. The number of carbonyl (C=O) groups excluding carboxylic acids is 2. The summed E-state index contributed by atoms with van der Waals surface area (Å²) in [5.41, 5.74) is 1.06. The first-order chi connectivity index (χ1) is 19.2. The number of carboxylic acid groups (broad SMARTS) is 1. The molecule has 0 unspecified atom stereocenters. The van der Waals surface area contributed by atoms with Crippen LogP contribution >= 0.6 is 0 Å². The van der Waals surface area contributed by atoms with Crippen LogP contribution in [0.3, 0.4) is 0 Å². The van der Waals surface area contributed by atoms with Crippen LogP contribution in [0.15, 0.2) is 52.6 Å². The predicted molar refractivity (Wildman–Crippen MR) is 142 cm³/mol. The number of benzene rings is 2. The highest BCUT2D eigenvalue weighted by molar-refractivity contribution is 6.21. The van der Waals surface area contributed by atoms with Gasteiger partial charge in [-0.3, -0.25) is 19.3 Å². The first-order valence-corrected chi connectivity index (χ1v) is 12.8. The minimum Gasteiger partial charge on any atom is -0.487 e. The zero-order valence-corrected chi connectivity index (χ0v) is 21.4. The summed E-state index contributed by atoms with van der Waals surface area (Å²) in [7, 11) is 0. The van der Waals surface area contributed by atoms with Crippen LogP contribution in [0, 0.1) is 12.4 Å². The molecular formula is C29H23FN4O6. The fraction of sp³-hybridized carbons (Fsp3) is 0.276. The molecule has 2 aromatic carbocycles. The number of fused-ring (bicyclic) bond motifs is 1. The lowest BCUT2D eigenvalue weighted by Crippen LogP contribution is -2.35. The Balaban J connectivity index is 1.31. The number of nitrogens with zero attached hydrogens (tertiary/aromatic N) is 4. The van der Waals surface area contributed by atoms with Crippen molar-refractivity contribution in [3.63, 3.8) is 0 Å². The Kier molecular flexibility index (Phi) is 5.91. The molecule has 1 aromatic heterocycles. The lowest BCUT2D eigenvalue weighted by Gasteiger charge is -2.35. The van der Waals surface area contributed by atoms with E-state index in [1.54, 1.807) is 33.7 Å². The fourth-order valence-electron chi connectivity index (χ4n) is 5.71. The van der Waals surface area contributed by atoms with E-state index in [4.69, 9.17) is 11.3 Å². The molecule has 3 aliphatic rings. The summed E-state index contributed by atoms with van der Waals surface area (Å²) in [6, 6.07) is 7.35. The van der Waals surface area contributed by atoms with E-state index in [2.05, 4.69) is 4.85 Å². The third-order valence-corrected chi connectivity index (χ3v) is 7.78. The Morgan fingerprint density at radius 1 is 1.15 bits per heavy atom. The number of anilines is 1. The normalized spacial score (nSPS) is 18.0. The molecule has 6 rings (SSSR count). The van der Waals surface area contributed by atoms with Crippen LogP contribution in [0.4, 0.5) is 10.1 Å². The van der Waals surface area contributed by atoms with Gasteiger partial charge in [-0.05, 0) is 38.0 Å². The number of hydrogen-bond acceptors (Lipinski definition) is 6. The fourth-order valence-corrected chi connectivity index (χ4v) is 5.71. The Morgan fingerprint density at radius 3 is 2.40 bits per heavy atom. The minimum atomic E-state index is -1.38. The molecule has 0 aliphatic carbocycles. The predicted octanol–water partition coefficient (Wildman–Crippen LogP) is 3.86. The molecule has 1 N–H and O–H groups in total. The van der Waals surface area contributed by atoms with Gasteiger partial charge in [0.25, 0.3) is 11.8 Å². The van der Waals surface area contributed by atoms with Gasteiger partial charge in [-0.15, -0.1) is 0 Å². The third kappa shape index (κ3) is 3.75. The summed E-state index contributed by atoms with van der Waals surface area (Å²) in [5, 5.41) is 9.43. The highest BCUT2D eigenvalue weighted by Gasteiger charge is 2.36. The second-order valence-corrected chi connectivity index (χ2v) is 10.1. The smallest absolute Gasteiger partial charge is 0.341 e. The van der Waals surface area contributed by atoms with Crippen LogP contribution in [0.25, 0.3) is 15.7 Å². The average molecular weight is 543 g/mol. The highest BCUT2D eigenvalue weighted by atomic mass is 19.1. The quantitative estimate of drug-likeness (QED) is 0.393. The van der Waals surface area contributed by atoms with Crippen molar-refractivity contribution >= 4 is 34.4 Å². The van der Waals surface area contributed by atoms with Gasteiger partial charge in [0.2, 0.25) is 5.43 Å². The SMILES string of the molecule is [C-]#[N+]C(CN1C(=O)c2ccccc2C1=O)=C1CCN(c2c(F)cc3c(=O)c(C(=O)O)cn4c3c2OC[C@@H]4C)CC1. The number of amides is 2. The lowest BCUT2D eigenvalue weighted by molar-refractivity contribution is 0.0663. The Labute approximate surface area is 227 Å². The maximum Gasteiger partial charge on any atom is 0.341 e. The van der Waals surface area contributed by atoms with Gasteiger partial charge in [0.05, 0.1) is 41.2 Å². The van der Waals surface area contributed by atoms with Crippen molar-refractivity contribution in [1.82, 2.24) is 9.47 Å². The number of ether oxygens (including phenoxy) is 1. The number of carboxylic acids is 1. The molecular weight excluding hydrogens is 519 g/mol. The number of hydrogen-bond donors (Lipinski definition) is 1. The van der Waals surface area contributed by atoms with Crippen LogP contribution in [0.2, 0.25) is 0 Å². The largest absolute Gasteiger partial charge is 0.487 e. The molecule has 10 nitrogen and oxygen atoms in total. The second kappa shape index (κ2) is 9.34. The first-order valence-electron chi connectivity index (χ1n) is 12.8. The zero-order chi connectivity index (χ0) is 28.3. The number of aromatic nitrogens is 1. The number of piperidine rings is 1. The van der Waals surface area contributed by atoms with Gasteiger partial charge in [-0.1, -0.05) is 17.7 Å². The van der Waals surface area contributed by atoms with E-state index in [0.29, 0.717) is 48.3 Å². The number of pyridine rings is 1. The summed E-state index contributed by atoms with van der Waals surface area (Å²) in [5.74, 6) is -2.76. The number of halogens is 1. The molecule has 1 atom stereocenters. The Hall–Kier alpha value is -4.98. The molecule has 1 fully saturated rings. The van der Waals surface area contributed by atoms with E-state index in [0.717, 1.165) is 16.5 Å². The summed E-state index contributed by atoms with van der Waals surface area (Å²) in [6.45, 7) is 10.3. The van der Waals surface area contributed by atoms with E-state index in [9.17, 15) is 24.3 Å². The molecule has 0 spiro atoms. The second-order valence-electron chi connectivity index (χ2n) is 10.1. The van der Waals surface area contributed by atoms with Gasteiger partial charge in [-0.2, -0.15) is 0 Å². The zero-order valence-electron chi connectivity index (χ0n) is 21.4. The first kappa shape index (κ1) is 25.3. The van der Waals surface area contributed by atoms with Gasteiger partial charge >= 0.3 is 5.97 Å². The van der Waals surface area contributed by atoms with Crippen LogP contribution in [0.1, 0.15) is 56.9 Å². The van der Waals surface area contributed by atoms with E-state index >= 15 is 4.39 Å². The van der Waals surface area contributed by atoms with Crippen LogP contribution < -0.4 is 15.1 Å².